The summed E-state index contributed by atoms with van der Waals surface area (Å²) in [7, 11) is 0. The molecule has 2 aromatic rings. The van der Waals surface area contributed by atoms with E-state index in [0.717, 1.165) is 25.0 Å². The average molecular weight is 274 g/mol. The van der Waals surface area contributed by atoms with E-state index in [-0.39, 0.29) is 11.7 Å². The van der Waals surface area contributed by atoms with Crippen LogP contribution in [0.4, 0.5) is 0 Å². The number of hydrogen-bond acceptors (Lipinski definition) is 5. The van der Waals surface area contributed by atoms with E-state index in [1.165, 1.54) is 0 Å². The molecule has 0 aliphatic carbocycles. The minimum atomic E-state index is -1.08. The summed E-state index contributed by atoms with van der Waals surface area (Å²) in [5.74, 6) is -1.08. The maximum Gasteiger partial charge on any atom is 0.358 e. The Kier molecular flexibility index (Phi) is 3.42. The van der Waals surface area contributed by atoms with Crippen LogP contribution in [-0.2, 0) is 4.74 Å². The molecule has 7 heteroatoms. The maximum atomic E-state index is 11.3. The molecule has 1 saturated heterocycles. The second-order valence-corrected chi connectivity index (χ2v) is 4.64. The Morgan fingerprint density at radius 1 is 1.40 bits per heavy atom. The van der Waals surface area contributed by atoms with E-state index in [0.29, 0.717) is 12.3 Å². The molecule has 2 aromatic heterocycles. The quantitative estimate of drug-likeness (QED) is 0.909. The van der Waals surface area contributed by atoms with Gasteiger partial charge in [-0.1, -0.05) is 5.21 Å². The predicted octanol–water partition coefficient (Wildman–Crippen LogP) is 1.39. The Bertz CT molecular complexity index is 605. The van der Waals surface area contributed by atoms with Gasteiger partial charge in [-0.05, 0) is 25.0 Å². The maximum absolute atomic E-state index is 11.3. The molecule has 0 saturated carbocycles. The van der Waals surface area contributed by atoms with Gasteiger partial charge in [0.1, 0.15) is 5.69 Å². The number of aromatic nitrogens is 4. The smallest absolute Gasteiger partial charge is 0.358 e. The first-order valence-electron chi connectivity index (χ1n) is 6.44. The van der Waals surface area contributed by atoms with E-state index >= 15 is 0 Å². The van der Waals surface area contributed by atoms with Crippen molar-refractivity contribution in [1.82, 2.24) is 20.0 Å². The number of hydrogen-bond donors (Lipinski definition) is 1. The van der Waals surface area contributed by atoms with Crippen LogP contribution in [0.25, 0.3) is 11.3 Å². The summed E-state index contributed by atoms with van der Waals surface area (Å²) in [6.07, 6.45) is 5.08. The van der Waals surface area contributed by atoms with Gasteiger partial charge < -0.3 is 9.84 Å². The molecule has 0 amide bonds. The zero-order chi connectivity index (χ0) is 13.9. The average Bonchev–Trinajstić information content (AvgIpc) is 2.94. The van der Waals surface area contributed by atoms with Crippen LogP contribution in [0.5, 0.6) is 0 Å². The Labute approximate surface area is 115 Å². The van der Waals surface area contributed by atoms with Crippen LogP contribution in [0.2, 0.25) is 0 Å². The summed E-state index contributed by atoms with van der Waals surface area (Å²) in [6, 6.07) is 3.53. The molecule has 1 atom stereocenters. The molecule has 0 radical (unpaired) electrons. The third-order valence-corrected chi connectivity index (χ3v) is 3.33. The van der Waals surface area contributed by atoms with E-state index < -0.39 is 5.97 Å². The van der Waals surface area contributed by atoms with Gasteiger partial charge in [-0.15, -0.1) is 5.10 Å². The first-order valence-corrected chi connectivity index (χ1v) is 6.44. The highest BCUT2D eigenvalue weighted by atomic mass is 16.5. The Morgan fingerprint density at radius 2 is 2.20 bits per heavy atom. The van der Waals surface area contributed by atoms with Gasteiger partial charge in [0.25, 0.3) is 0 Å². The fourth-order valence-electron chi connectivity index (χ4n) is 2.39. The van der Waals surface area contributed by atoms with Gasteiger partial charge in [-0.3, -0.25) is 4.98 Å². The Morgan fingerprint density at radius 3 is 2.85 bits per heavy atom. The van der Waals surface area contributed by atoms with Crippen LogP contribution >= 0.6 is 0 Å². The summed E-state index contributed by atoms with van der Waals surface area (Å²) >= 11 is 0. The zero-order valence-corrected chi connectivity index (χ0v) is 10.8. The van der Waals surface area contributed by atoms with E-state index in [2.05, 4.69) is 15.3 Å². The second kappa shape index (κ2) is 5.38. The number of ether oxygens (including phenoxy) is 1. The van der Waals surface area contributed by atoms with Crippen LogP contribution in [0, 0.1) is 0 Å². The van der Waals surface area contributed by atoms with Crippen molar-refractivity contribution < 1.29 is 14.6 Å². The third-order valence-electron chi connectivity index (χ3n) is 3.33. The summed E-state index contributed by atoms with van der Waals surface area (Å²) in [4.78, 5) is 15.3. The molecular weight excluding hydrogens is 260 g/mol. The lowest BCUT2D eigenvalue weighted by atomic mass is 10.1. The molecule has 7 nitrogen and oxygen atoms in total. The summed E-state index contributed by atoms with van der Waals surface area (Å²) < 4.78 is 7.11. The summed E-state index contributed by atoms with van der Waals surface area (Å²) in [5.41, 5.74) is 1.21. The van der Waals surface area contributed by atoms with E-state index in [1.54, 1.807) is 29.2 Å². The molecule has 3 rings (SSSR count). The highest BCUT2D eigenvalue weighted by Gasteiger charge is 2.26. The normalized spacial score (nSPS) is 18.9. The van der Waals surface area contributed by atoms with Crippen LogP contribution in [0.15, 0.2) is 24.5 Å². The second-order valence-electron chi connectivity index (χ2n) is 4.64. The molecule has 1 aliphatic rings. The van der Waals surface area contributed by atoms with Crippen LogP contribution in [0.1, 0.15) is 29.4 Å². The SMILES string of the molecule is O=C(O)c1nnn(C2CCCOC2)c1-c1ccncc1. The molecule has 0 aromatic carbocycles. The van der Waals surface area contributed by atoms with E-state index in [9.17, 15) is 9.90 Å². The number of carboxylic acid groups (broad SMARTS) is 1. The van der Waals surface area contributed by atoms with Crippen molar-refractivity contribution in [2.24, 2.45) is 0 Å². The standard InChI is InChI=1S/C13H14N4O3/c18-13(19)11-12(9-3-5-14-6-4-9)17(16-15-11)10-2-1-7-20-8-10/h3-6,10H,1-2,7-8H2,(H,18,19). The first-order chi connectivity index (χ1) is 9.77. The van der Waals surface area contributed by atoms with Gasteiger partial charge in [0.2, 0.25) is 0 Å². The molecule has 3 heterocycles. The molecule has 1 fully saturated rings. The number of rotatable bonds is 3. The minimum absolute atomic E-state index is 0.0208. The topological polar surface area (TPSA) is 90.1 Å². The number of carboxylic acids is 1. The van der Waals surface area contributed by atoms with Crippen molar-refractivity contribution in [1.29, 1.82) is 0 Å². The van der Waals surface area contributed by atoms with Gasteiger partial charge >= 0.3 is 5.97 Å². The van der Waals surface area contributed by atoms with E-state index in [1.807, 2.05) is 0 Å². The highest BCUT2D eigenvalue weighted by molar-refractivity contribution is 5.92. The molecule has 0 bridgehead atoms. The van der Waals surface area contributed by atoms with Crippen molar-refractivity contribution >= 4 is 5.97 Å². The fraction of sp³-hybridized carbons (Fsp3) is 0.385. The summed E-state index contributed by atoms with van der Waals surface area (Å²) in [6.45, 7) is 1.27. The molecular formula is C13H14N4O3. The largest absolute Gasteiger partial charge is 0.476 e. The highest BCUT2D eigenvalue weighted by Crippen LogP contribution is 2.28. The van der Waals surface area contributed by atoms with Crippen molar-refractivity contribution in [3.8, 4) is 11.3 Å². The zero-order valence-electron chi connectivity index (χ0n) is 10.8. The third kappa shape index (κ3) is 2.27. The lowest BCUT2D eigenvalue weighted by Crippen LogP contribution is -2.23. The summed E-state index contributed by atoms with van der Waals surface area (Å²) in [5, 5.41) is 17.1. The number of aromatic carboxylic acids is 1. The van der Waals surface area contributed by atoms with Gasteiger partial charge in [0, 0.05) is 24.6 Å². The van der Waals surface area contributed by atoms with Crippen molar-refractivity contribution in [2.75, 3.05) is 13.2 Å². The molecule has 1 N–H and O–H groups in total. The monoisotopic (exact) mass is 274 g/mol. The number of carbonyl (C=O) groups is 1. The van der Waals surface area contributed by atoms with Gasteiger partial charge in [-0.25, -0.2) is 9.48 Å². The van der Waals surface area contributed by atoms with Crippen LogP contribution < -0.4 is 0 Å². The van der Waals surface area contributed by atoms with E-state index in [4.69, 9.17) is 4.74 Å². The molecule has 104 valence electrons. The Balaban J connectivity index is 2.08. The molecule has 1 aliphatic heterocycles. The molecule has 20 heavy (non-hydrogen) atoms. The lowest BCUT2D eigenvalue weighted by molar-refractivity contribution is 0.0548. The van der Waals surface area contributed by atoms with Crippen molar-refractivity contribution in [3.05, 3.63) is 30.2 Å². The van der Waals surface area contributed by atoms with Gasteiger partial charge in [-0.2, -0.15) is 0 Å². The first kappa shape index (κ1) is 12.7. The molecule has 1 unspecified atom stereocenters. The van der Waals surface area contributed by atoms with Crippen molar-refractivity contribution in [3.63, 3.8) is 0 Å². The Hall–Kier alpha value is -2.28. The van der Waals surface area contributed by atoms with Gasteiger partial charge in [0.05, 0.1) is 12.6 Å². The van der Waals surface area contributed by atoms with Gasteiger partial charge in [0.15, 0.2) is 5.69 Å². The fourth-order valence-corrected chi connectivity index (χ4v) is 2.39. The van der Waals surface area contributed by atoms with Crippen LogP contribution in [0.3, 0.4) is 0 Å². The van der Waals surface area contributed by atoms with Crippen molar-refractivity contribution in [2.45, 2.75) is 18.9 Å². The number of nitrogens with zero attached hydrogens (tertiary/aromatic N) is 4. The van der Waals surface area contributed by atoms with Crippen LogP contribution in [-0.4, -0.2) is 44.3 Å². The molecule has 0 spiro atoms. The lowest BCUT2D eigenvalue weighted by Gasteiger charge is -2.23. The minimum Gasteiger partial charge on any atom is -0.476 e. The predicted molar refractivity (Wildman–Crippen MR) is 69.3 cm³/mol. The number of pyridine rings is 1.